The second-order valence-electron chi connectivity index (χ2n) is 4.94. The number of carbonyl (C=O) groups is 2. The number of halogens is 2. The van der Waals surface area contributed by atoms with Crippen LogP contribution >= 0.6 is 11.6 Å². The minimum atomic E-state index is -0.566. The van der Waals surface area contributed by atoms with Crippen molar-refractivity contribution < 1.29 is 18.7 Å². The Kier molecular flexibility index (Phi) is 5.71. The molecule has 0 aliphatic rings. The molecule has 2 rings (SSSR count). The number of aryl methyl sites for hydroxylation is 1. The molecule has 23 heavy (non-hydrogen) atoms. The number of esters is 1. The first kappa shape index (κ1) is 17.0. The molecule has 0 fully saturated rings. The molecule has 0 aliphatic heterocycles. The summed E-state index contributed by atoms with van der Waals surface area (Å²) in [5, 5.41) is 2.92. The van der Waals surface area contributed by atoms with E-state index in [1.165, 1.54) is 6.07 Å². The quantitative estimate of drug-likeness (QED) is 0.851. The van der Waals surface area contributed by atoms with Crippen molar-refractivity contribution in [1.29, 1.82) is 0 Å². The van der Waals surface area contributed by atoms with Crippen LogP contribution in [-0.4, -0.2) is 18.5 Å². The minimum absolute atomic E-state index is 0.0217. The Bertz CT molecular complexity index is 734. The average Bonchev–Trinajstić information content (AvgIpc) is 2.51. The summed E-state index contributed by atoms with van der Waals surface area (Å²) >= 11 is 5.94. The molecule has 0 aromatic heterocycles. The molecule has 4 nitrogen and oxygen atoms in total. The van der Waals surface area contributed by atoms with Gasteiger partial charge in [0.1, 0.15) is 5.82 Å². The Labute approximate surface area is 138 Å². The molecular weight excluding hydrogens is 321 g/mol. The highest BCUT2D eigenvalue weighted by atomic mass is 35.5. The highest BCUT2D eigenvalue weighted by Crippen LogP contribution is 2.16. The molecule has 0 radical (unpaired) electrons. The highest BCUT2D eigenvalue weighted by molar-refractivity contribution is 6.31. The summed E-state index contributed by atoms with van der Waals surface area (Å²) in [6, 6.07) is 11.2. The zero-order valence-corrected chi connectivity index (χ0v) is 13.2. The fourth-order valence-electron chi connectivity index (χ4n) is 1.86. The van der Waals surface area contributed by atoms with E-state index >= 15 is 0 Å². The molecule has 0 unspecified atom stereocenters. The molecule has 0 aliphatic carbocycles. The van der Waals surface area contributed by atoms with Gasteiger partial charge >= 0.3 is 5.97 Å². The number of anilines is 1. The van der Waals surface area contributed by atoms with Gasteiger partial charge in [0.15, 0.2) is 6.61 Å². The SMILES string of the molecule is Cc1ccc(NC(=O)COC(=O)Cc2ccccc2Cl)cc1F. The molecule has 0 bridgehead atoms. The summed E-state index contributed by atoms with van der Waals surface area (Å²) in [7, 11) is 0. The van der Waals surface area contributed by atoms with Crippen LogP contribution in [0.25, 0.3) is 0 Å². The number of ether oxygens (including phenoxy) is 1. The summed E-state index contributed by atoms with van der Waals surface area (Å²) in [5.41, 5.74) is 1.41. The van der Waals surface area contributed by atoms with Crippen molar-refractivity contribution in [2.45, 2.75) is 13.3 Å². The largest absolute Gasteiger partial charge is 0.455 e. The Morgan fingerprint density at radius 1 is 1.22 bits per heavy atom. The van der Waals surface area contributed by atoms with Gasteiger partial charge in [0.2, 0.25) is 0 Å². The number of nitrogens with one attached hydrogen (secondary N) is 1. The summed E-state index contributed by atoms with van der Waals surface area (Å²) in [5.74, 6) is -1.53. The van der Waals surface area contributed by atoms with Crippen molar-refractivity contribution in [3.05, 3.63) is 64.4 Å². The van der Waals surface area contributed by atoms with E-state index in [9.17, 15) is 14.0 Å². The van der Waals surface area contributed by atoms with Crippen LogP contribution in [0.5, 0.6) is 0 Å². The van der Waals surface area contributed by atoms with Gasteiger partial charge in [-0.15, -0.1) is 0 Å². The maximum Gasteiger partial charge on any atom is 0.310 e. The molecule has 6 heteroatoms. The van der Waals surface area contributed by atoms with Gasteiger partial charge in [-0.2, -0.15) is 0 Å². The summed E-state index contributed by atoms with van der Waals surface area (Å²) < 4.78 is 18.3. The van der Waals surface area contributed by atoms with Gasteiger partial charge in [-0.1, -0.05) is 35.9 Å². The number of hydrogen-bond acceptors (Lipinski definition) is 3. The van der Waals surface area contributed by atoms with Crippen molar-refractivity contribution in [2.75, 3.05) is 11.9 Å². The number of benzene rings is 2. The number of rotatable bonds is 5. The molecule has 0 saturated heterocycles. The second-order valence-corrected chi connectivity index (χ2v) is 5.35. The van der Waals surface area contributed by atoms with Crippen molar-refractivity contribution in [1.82, 2.24) is 0 Å². The molecule has 120 valence electrons. The van der Waals surface area contributed by atoms with Crippen molar-refractivity contribution in [3.63, 3.8) is 0 Å². The molecule has 0 spiro atoms. The topological polar surface area (TPSA) is 55.4 Å². The molecule has 2 aromatic carbocycles. The van der Waals surface area contributed by atoms with Gasteiger partial charge in [0, 0.05) is 10.7 Å². The van der Waals surface area contributed by atoms with Gasteiger partial charge < -0.3 is 10.1 Å². The number of amides is 1. The lowest BCUT2D eigenvalue weighted by atomic mass is 10.1. The number of hydrogen-bond donors (Lipinski definition) is 1. The van der Waals surface area contributed by atoms with Crippen LogP contribution in [0.15, 0.2) is 42.5 Å². The molecule has 1 N–H and O–H groups in total. The lowest BCUT2D eigenvalue weighted by molar-refractivity contribution is -0.146. The third kappa shape index (κ3) is 5.07. The third-order valence-electron chi connectivity index (χ3n) is 3.11. The first-order valence-corrected chi connectivity index (χ1v) is 7.28. The first-order valence-electron chi connectivity index (χ1n) is 6.91. The fourth-order valence-corrected chi connectivity index (χ4v) is 2.06. The van der Waals surface area contributed by atoms with E-state index in [0.717, 1.165) is 0 Å². The Morgan fingerprint density at radius 3 is 2.65 bits per heavy atom. The molecule has 0 heterocycles. The van der Waals surface area contributed by atoms with E-state index in [4.69, 9.17) is 16.3 Å². The predicted molar refractivity (Wildman–Crippen MR) is 85.9 cm³/mol. The second kappa shape index (κ2) is 7.74. The Hall–Kier alpha value is -2.40. The summed E-state index contributed by atoms with van der Waals surface area (Å²) in [6.45, 7) is 1.18. The van der Waals surface area contributed by atoms with Crippen LogP contribution in [0.3, 0.4) is 0 Å². The summed E-state index contributed by atoms with van der Waals surface area (Å²) in [4.78, 5) is 23.4. The smallest absolute Gasteiger partial charge is 0.310 e. The standard InChI is InChI=1S/C17H15ClFNO3/c1-11-6-7-13(9-15(11)19)20-16(21)10-23-17(22)8-12-4-2-3-5-14(12)18/h2-7,9H,8,10H2,1H3,(H,20,21). The first-order chi connectivity index (χ1) is 11.0. The lowest BCUT2D eigenvalue weighted by Crippen LogP contribution is -2.21. The highest BCUT2D eigenvalue weighted by Gasteiger charge is 2.11. The van der Waals surface area contributed by atoms with Crippen LogP contribution in [0.4, 0.5) is 10.1 Å². The molecular formula is C17H15ClFNO3. The van der Waals surface area contributed by atoms with Crippen molar-refractivity contribution >= 4 is 29.2 Å². The fraction of sp³-hybridized carbons (Fsp3) is 0.176. The van der Waals surface area contributed by atoms with Gasteiger partial charge in [0.05, 0.1) is 6.42 Å². The molecule has 2 aromatic rings. The average molecular weight is 336 g/mol. The van der Waals surface area contributed by atoms with Crippen LogP contribution < -0.4 is 5.32 Å². The van der Waals surface area contributed by atoms with Crippen LogP contribution in [0, 0.1) is 12.7 Å². The molecule has 0 atom stereocenters. The van der Waals surface area contributed by atoms with Crippen LogP contribution in [0.2, 0.25) is 5.02 Å². The van der Waals surface area contributed by atoms with E-state index in [0.29, 0.717) is 21.8 Å². The predicted octanol–water partition coefficient (Wildman–Crippen LogP) is 3.51. The van der Waals surface area contributed by atoms with Crippen LogP contribution in [-0.2, 0) is 20.7 Å². The lowest BCUT2D eigenvalue weighted by Gasteiger charge is -2.08. The van der Waals surface area contributed by atoms with Gasteiger partial charge in [-0.3, -0.25) is 9.59 Å². The van der Waals surface area contributed by atoms with E-state index < -0.39 is 24.3 Å². The zero-order chi connectivity index (χ0) is 16.8. The molecule has 1 amide bonds. The van der Waals surface area contributed by atoms with Gasteiger partial charge in [0.25, 0.3) is 5.91 Å². The Balaban J connectivity index is 1.83. The monoisotopic (exact) mass is 335 g/mol. The van der Waals surface area contributed by atoms with Crippen molar-refractivity contribution in [2.24, 2.45) is 0 Å². The third-order valence-corrected chi connectivity index (χ3v) is 3.48. The Morgan fingerprint density at radius 2 is 1.96 bits per heavy atom. The van der Waals surface area contributed by atoms with Crippen molar-refractivity contribution in [3.8, 4) is 0 Å². The zero-order valence-electron chi connectivity index (χ0n) is 12.4. The maximum absolute atomic E-state index is 13.4. The summed E-state index contributed by atoms with van der Waals surface area (Å²) in [6.07, 6.45) is -0.0217. The number of carbonyl (C=O) groups excluding carboxylic acids is 2. The van der Waals surface area contributed by atoms with Gasteiger partial charge in [-0.25, -0.2) is 4.39 Å². The maximum atomic E-state index is 13.4. The molecule has 0 saturated carbocycles. The van der Waals surface area contributed by atoms with Crippen LogP contribution in [0.1, 0.15) is 11.1 Å². The van der Waals surface area contributed by atoms with E-state index in [2.05, 4.69) is 5.32 Å². The van der Waals surface area contributed by atoms with Gasteiger partial charge in [-0.05, 0) is 36.2 Å². The van der Waals surface area contributed by atoms with E-state index in [1.54, 1.807) is 43.3 Å². The van der Waals surface area contributed by atoms with E-state index in [1.807, 2.05) is 0 Å². The van der Waals surface area contributed by atoms with E-state index in [-0.39, 0.29) is 6.42 Å². The normalized spacial score (nSPS) is 10.2. The minimum Gasteiger partial charge on any atom is -0.455 e.